The summed E-state index contributed by atoms with van der Waals surface area (Å²) in [6.45, 7) is 2.71. The van der Waals surface area contributed by atoms with Crippen LogP contribution in [0.5, 0.6) is 0 Å². The van der Waals surface area contributed by atoms with Crippen LogP contribution in [0.3, 0.4) is 0 Å². The first-order valence-corrected chi connectivity index (χ1v) is 9.34. The summed E-state index contributed by atoms with van der Waals surface area (Å²) in [7, 11) is 3.49. The second kappa shape index (κ2) is 7.85. The molecule has 3 aromatic rings. The van der Waals surface area contributed by atoms with E-state index >= 15 is 0 Å². The van der Waals surface area contributed by atoms with Crippen LogP contribution in [-0.2, 0) is 6.54 Å². The van der Waals surface area contributed by atoms with Gasteiger partial charge < -0.3 is 9.47 Å². The van der Waals surface area contributed by atoms with Crippen molar-refractivity contribution in [2.75, 3.05) is 14.1 Å². The zero-order valence-electron chi connectivity index (χ0n) is 15.4. The molecular formula is C20H21N3O3S. The number of nitrogens with one attached hydrogen (secondary N) is 1. The minimum atomic E-state index is -0.558. The summed E-state index contributed by atoms with van der Waals surface area (Å²) < 4.78 is 2.04. The van der Waals surface area contributed by atoms with E-state index in [4.69, 9.17) is 5.21 Å². The molecule has 1 aromatic heterocycles. The molecule has 0 saturated heterocycles. The van der Waals surface area contributed by atoms with Crippen LogP contribution >= 0.6 is 11.8 Å². The molecule has 7 heteroatoms. The van der Waals surface area contributed by atoms with Gasteiger partial charge in [0.1, 0.15) is 5.69 Å². The van der Waals surface area contributed by atoms with Crippen molar-refractivity contribution >= 4 is 34.5 Å². The maximum absolute atomic E-state index is 12.9. The van der Waals surface area contributed by atoms with Gasteiger partial charge in [-0.05, 0) is 37.3 Å². The van der Waals surface area contributed by atoms with Gasteiger partial charge >= 0.3 is 0 Å². The highest BCUT2D eigenvalue weighted by molar-refractivity contribution is 7.99. The van der Waals surface area contributed by atoms with Crippen molar-refractivity contribution in [2.24, 2.45) is 0 Å². The maximum atomic E-state index is 12.9. The molecule has 0 fully saturated rings. The predicted octanol–water partition coefficient (Wildman–Crippen LogP) is 3.63. The number of para-hydroxylation sites is 1. The van der Waals surface area contributed by atoms with Crippen LogP contribution in [0, 0.1) is 0 Å². The molecule has 2 amide bonds. The lowest BCUT2D eigenvalue weighted by molar-refractivity contribution is 0.0706. The summed E-state index contributed by atoms with van der Waals surface area (Å²) in [5, 5.41) is 9.76. The van der Waals surface area contributed by atoms with Gasteiger partial charge in [0.25, 0.3) is 11.8 Å². The molecule has 0 radical (unpaired) electrons. The first kappa shape index (κ1) is 19.0. The molecule has 27 heavy (non-hydrogen) atoms. The van der Waals surface area contributed by atoms with Gasteiger partial charge in [0.05, 0.1) is 4.90 Å². The zero-order valence-corrected chi connectivity index (χ0v) is 16.2. The van der Waals surface area contributed by atoms with Crippen molar-refractivity contribution in [2.45, 2.75) is 23.3 Å². The van der Waals surface area contributed by atoms with Crippen LogP contribution < -0.4 is 5.48 Å². The number of hydrogen-bond acceptors (Lipinski definition) is 4. The monoisotopic (exact) mass is 383 g/mol. The molecule has 3 rings (SSSR count). The van der Waals surface area contributed by atoms with Gasteiger partial charge in [-0.15, -0.1) is 0 Å². The lowest BCUT2D eigenvalue weighted by Gasteiger charge is -2.14. The van der Waals surface area contributed by atoms with E-state index in [1.54, 1.807) is 48.7 Å². The molecule has 0 bridgehead atoms. The highest BCUT2D eigenvalue weighted by Gasteiger charge is 2.24. The Hall–Kier alpha value is -2.77. The molecule has 0 aliphatic heterocycles. The predicted molar refractivity (Wildman–Crippen MR) is 105 cm³/mol. The number of hydrogen-bond donors (Lipinski definition) is 2. The number of fused-ring (bicyclic) bond motifs is 1. The second-order valence-electron chi connectivity index (χ2n) is 6.21. The Labute approximate surface area is 161 Å². The number of hydroxylamine groups is 1. The van der Waals surface area contributed by atoms with Crippen molar-refractivity contribution in [1.29, 1.82) is 0 Å². The lowest BCUT2D eigenvalue weighted by Crippen LogP contribution is -2.25. The molecule has 0 atom stereocenters. The SMILES string of the molecule is CCn1c(C(=O)N(C)C)c(Sc2ccc(C(=O)NO)cc2)c2ccccc21. The Balaban J connectivity index is 2.11. The fraction of sp³-hybridized carbons (Fsp3) is 0.200. The Bertz CT molecular complexity index is 994. The van der Waals surface area contributed by atoms with Gasteiger partial charge in [0.2, 0.25) is 0 Å². The molecule has 0 saturated carbocycles. The average Bonchev–Trinajstić information content (AvgIpc) is 3.00. The number of benzene rings is 2. The van der Waals surface area contributed by atoms with E-state index in [-0.39, 0.29) is 5.91 Å². The van der Waals surface area contributed by atoms with Gasteiger partial charge in [0.15, 0.2) is 0 Å². The van der Waals surface area contributed by atoms with E-state index in [2.05, 4.69) is 0 Å². The van der Waals surface area contributed by atoms with Gasteiger partial charge in [-0.2, -0.15) is 0 Å². The van der Waals surface area contributed by atoms with Crippen LogP contribution in [0.15, 0.2) is 58.3 Å². The Morgan fingerprint density at radius 2 is 1.78 bits per heavy atom. The third-order valence-corrected chi connectivity index (χ3v) is 5.41. The van der Waals surface area contributed by atoms with Crippen LogP contribution in [0.1, 0.15) is 27.8 Å². The minimum Gasteiger partial charge on any atom is -0.343 e. The summed E-state index contributed by atoms with van der Waals surface area (Å²) in [6, 6.07) is 14.9. The zero-order chi connectivity index (χ0) is 19.6. The van der Waals surface area contributed by atoms with Crippen molar-refractivity contribution in [3.8, 4) is 0 Å². The third-order valence-electron chi connectivity index (χ3n) is 4.29. The molecule has 2 aromatic carbocycles. The molecule has 1 heterocycles. The smallest absolute Gasteiger partial charge is 0.274 e. The van der Waals surface area contributed by atoms with Crippen LogP contribution in [0.2, 0.25) is 0 Å². The molecule has 2 N–H and O–H groups in total. The summed E-state index contributed by atoms with van der Waals surface area (Å²) >= 11 is 1.49. The Kier molecular flexibility index (Phi) is 5.53. The van der Waals surface area contributed by atoms with Crippen LogP contribution in [-0.4, -0.2) is 40.6 Å². The molecule has 140 valence electrons. The maximum Gasteiger partial charge on any atom is 0.274 e. The van der Waals surface area contributed by atoms with Crippen molar-refractivity contribution in [1.82, 2.24) is 14.9 Å². The van der Waals surface area contributed by atoms with E-state index in [9.17, 15) is 9.59 Å². The first-order valence-electron chi connectivity index (χ1n) is 8.53. The van der Waals surface area contributed by atoms with Gasteiger partial charge in [-0.25, -0.2) is 5.48 Å². The molecular weight excluding hydrogens is 362 g/mol. The Morgan fingerprint density at radius 1 is 1.11 bits per heavy atom. The molecule has 0 spiro atoms. The number of aryl methyl sites for hydroxylation is 1. The molecule has 0 unspecified atom stereocenters. The summed E-state index contributed by atoms with van der Waals surface area (Å²) in [4.78, 5) is 27.8. The quantitative estimate of drug-likeness (QED) is 0.521. The Morgan fingerprint density at radius 3 is 2.37 bits per heavy atom. The second-order valence-corrected chi connectivity index (χ2v) is 7.29. The standard InChI is InChI=1S/C20H21N3O3S/c1-4-23-16-8-6-5-7-15(16)18(17(23)20(25)22(2)3)27-14-11-9-13(10-12-14)19(24)21-26/h5-12,26H,4H2,1-3H3,(H,21,24). The summed E-state index contributed by atoms with van der Waals surface area (Å²) in [5.41, 5.74) is 3.66. The minimum absolute atomic E-state index is 0.0492. The van der Waals surface area contributed by atoms with E-state index in [0.29, 0.717) is 17.8 Å². The number of amides is 2. The molecule has 6 nitrogen and oxygen atoms in total. The highest BCUT2D eigenvalue weighted by atomic mass is 32.2. The van der Waals surface area contributed by atoms with Crippen molar-refractivity contribution in [3.05, 3.63) is 59.8 Å². The van der Waals surface area contributed by atoms with Crippen LogP contribution in [0.4, 0.5) is 0 Å². The number of carbonyl (C=O) groups excluding carboxylic acids is 2. The van der Waals surface area contributed by atoms with E-state index in [1.165, 1.54) is 11.8 Å². The number of carbonyl (C=O) groups is 2. The van der Waals surface area contributed by atoms with Gasteiger partial charge in [0, 0.05) is 42.0 Å². The average molecular weight is 383 g/mol. The number of aromatic nitrogens is 1. The van der Waals surface area contributed by atoms with E-state index in [0.717, 1.165) is 20.7 Å². The normalized spacial score (nSPS) is 10.8. The topological polar surface area (TPSA) is 74.6 Å². The van der Waals surface area contributed by atoms with Gasteiger partial charge in [-0.3, -0.25) is 14.8 Å². The number of nitrogens with zero attached hydrogens (tertiary/aromatic N) is 2. The van der Waals surface area contributed by atoms with Crippen molar-refractivity contribution in [3.63, 3.8) is 0 Å². The fourth-order valence-electron chi connectivity index (χ4n) is 2.98. The number of rotatable bonds is 5. The molecule has 0 aliphatic rings. The summed E-state index contributed by atoms with van der Waals surface area (Å²) in [5.74, 6) is -0.607. The van der Waals surface area contributed by atoms with Crippen molar-refractivity contribution < 1.29 is 14.8 Å². The highest BCUT2D eigenvalue weighted by Crippen LogP contribution is 2.39. The lowest BCUT2D eigenvalue weighted by atomic mass is 10.2. The van der Waals surface area contributed by atoms with E-state index in [1.807, 2.05) is 35.8 Å². The third kappa shape index (κ3) is 3.56. The largest absolute Gasteiger partial charge is 0.343 e. The summed E-state index contributed by atoms with van der Waals surface area (Å²) in [6.07, 6.45) is 0. The molecule has 0 aliphatic carbocycles. The fourth-order valence-corrected chi connectivity index (χ4v) is 4.07. The van der Waals surface area contributed by atoms with Crippen LogP contribution in [0.25, 0.3) is 10.9 Å². The van der Waals surface area contributed by atoms with E-state index < -0.39 is 5.91 Å². The first-order chi connectivity index (χ1) is 13.0. The van der Waals surface area contributed by atoms with Gasteiger partial charge in [-0.1, -0.05) is 30.0 Å².